The zero-order chi connectivity index (χ0) is 11.9. The van der Waals surface area contributed by atoms with E-state index < -0.39 is 0 Å². The van der Waals surface area contributed by atoms with Crippen LogP contribution in [0.1, 0.15) is 31.2 Å². The molecule has 0 aromatic carbocycles. The van der Waals surface area contributed by atoms with Crippen LogP contribution in [0.3, 0.4) is 0 Å². The highest BCUT2D eigenvalue weighted by Gasteiger charge is 2.23. The van der Waals surface area contributed by atoms with Gasteiger partial charge in [-0.2, -0.15) is 0 Å². The van der Waals surface area contributed by atoms with Gasteiger partial charge in [-0.25, -0.2) is 0 Å². The maximum Gasteiger partial charge on any atom is 0.0728 e. The first-order valence-corrected chi connectivity index (χ1v) is 6.58. The third-order valence-corrected chi connectivity index (χ3v) is 3.52. The van der Waals surface area contributed by atoms with E-state index in [0.29, 0.717) is 12.1 Å². The third-order valence-electron chi connectivity index (χ3n) is 3.52. The molecule has 1 aliphatic rings. The lowest BCUT2D eigenvalue weighted by molar-refractivity contribution is 0.00875. The summed E-state index contributed by atoms with van der Waals surface area (Å²) in [4.78, 5) is 4.11. The van der Waals surface area contributed by atoms with Crippen LogP contribution in [0.15, 0.2) is 24.5 Å². The molecule has 0 spiro atoms. The molecule has 0 saturated heterocycles. The summed E-state index contributed by atoms with van der Waals surface area (Å²) in [6.45, 7) is 0.800. The van der Waals surface area contributed by atoms with Crippen LogP contribution in [-0.2, 0) is 11.2 Å². The smallest absolute Gasteiger partial charge is 0.0728 e. The Morgan fingerprint density at radius 2 is 2.29 bits per heavy atom. The Labute approximate surface area is 104 Å². The molecule has 1 saturated carbocycles. The molecule has 0 radical (unpaired) electrons. The van der Waals surface area contributed by atoms with Gasteiger partial charge in [0.15, 0.2) is 0 Å². The van der Waals surface area contributed by atoms with Gasteiger partial charge in [0.2, 0.25) is 0 Å². The first-order chi connectivity index (χ1) is 8.40. The average Bonchev–Trinajstić information content (AvgIpc) is 2.40. The summed E-state index contributed by atoms with van der Waals surface area (Å²) >= 11 is 0. The van der Waals surface area contributed by atoms with Crippen LogP contribution < -0.4 is 5.32 Å². The molecule has 2 atom stereocenters. The van der Waals surface area contributed by atoms with E-state index in [0.717, 1.165) is 13.0 Å². The average molecular weight is 234 g/mol. The number of hydrogen-bond donors (Lipinski definition) is 1. The number of rotatable bonds is 5. The molecule has 17 heavy (non-hydrogen) atoms. The van der Waals surface area contributed by atoms with E-state index in [1.54, 1.807) is 0 Å². The van der Waals surface area contributed by atoms with E-state index in [-0.39, 0.29) is 0 Å². The maximum atomic E-state index is 6.00. The summed E-state index contributed by atoms with van der Waals surface area (Å²) in [7, 11) is 2.04. The van der Waals surface area contributed by atoms with E-state index in [4.69, 9.17) is 4.74 Å². The normalized spacial score (nSPS) is 24.8. The van der Waals surface area contributed by atoms with Crippen LogP contribution >= 0.6 is 0 Å². The maximum absolute atomic E-state index is 6.00. The molecular weight excluding hydrogens is 212 g/mol. The van der Waals surface area contributed by atoms with Gasteiger partial charge >= 0.3 is 0 Å². The summed E-state index contributed by atoms with van der Waals surface area (Å²) in [5, 5.41) is 3.37. The van der Waals surface area contributed by atoms with E-state index in [2.05, 4.69) is 16.4 Å². The Morgan fingerprint density at radius 1 is 1.41 bits per heavy atom. The monoisotopic (exact) mass is 234 g/mol. The molecule has 0 bridgehead atoms. The standard InChI is InChI=1S/C14H22N2O/c1-15-13-6-2-3-7-14(13)17-10-8-12-5-4-9-16-11-12/h4-5,9,11,13-15H,2-3,6-8,10H2,1H3. The highest BCUT2D eigenvalue weighted by atomic mass is 16.5. The van der Waals surface area contributed by atoms with Crippen LogP contribution in [0.25, 0.3) is 0 Å². The fourth-order valence-electron chi connectivity index (χ4n) is 2.50. The van der Waals surface area contributed by atoms with Gasteiger partial charge in [0, 0.05) is 18.4 Å². The third kappa shape index (κ3) is 3.79. The Morgan fingerprint density at radius 3 is 3.06 bits per heavy atom. The lowest BCUT2D eigenvalue weighted by Gasteiger charge is -2.31. The second-order valence-corrected chi connectivity index (χ2v) is 4.70. The van der Waals surface area contributed by atoms with Crippen molar-refractivity contribution in [2.75, 3.05) is 13.7 Å². The molecule has 2 unspecified atom stereocenters. The Kier molecular flexibility index (Phi) is 4.95. The van der Waals surface area contributed by atoms with Crippen molar-refractivity contribution < 1.29 is 4.74 Å². The summed E-state index contributed by atoms with van der Waals surface area (Å²) in [5.41, 5.74) is 1.25. The first-order valence-electron chi connectivity index (χ1n) is 6.58. The quantitative estimate of drug-likeness (QED) is 0.848. The summed E-state index contributed by atoms with van der Waals surface area (Å²) in [6.07, 6.45) is 10.1. The van der Waals surface area contributed by atoms with E-state index in [9.17, 15) is 0 Å². The van der Waals surface area contributed by atoms with E-state index in [1.807, 2.05) is 25.5 Å². The minimum Gasteiger partial charge on any atom is -0.376 e. The van der Waals surface area contributed by atoms with E-state index >= 15 is 0 Å². The first kappa shape index (κ1) is 12.5. The molecule has 3 heteroatoms. The molecule has 2 rings (SSSR count). The molecular formula is C14H22N2O. The molecule has 0 aliphatic heterocycles. The number of nitrogens with zero attached hydrogens (tertiary/aromatic N) is 1. The fourth-order valence-corrected chi connectivity index (χ4v) is 2.50. The molecule has 1 aromatic rings. The van der Waals surface area contributed by atoms with Gasteiger partial charge in [0.1, 0.15) is 0 Å². The van der Waals surface area contributed by atoms with Crippen molar-refractivity contribution in [3.63, 3.8) is 0 Å². The largest absolute Gasteiger partial charge is 0.376 e. The van der Waals surface area contributed by atoms with Crippen molar-refractivity contribution in [1.82, 2.24) is 10.3 Å². The topological polar surface area (TPSA) is 34.1 Å². The van der Waals surface area contributed by atoms with Gasteiger partial charge in [-0.15, -0.1) is 0 Å². The van der Waals surface area contributed by atoms with Crippen molar-refractivity contribution in [2.24, 2.45) is 0 Å². The van der Waals surface area contributed by atoms with Gasteiger partial charge in [0.05, 0.1) is 12.7 Å². The number of aromatic nitrogens is 1. The summed E-state index contributed by atoms with van der Waals surface area (Å²) < 4.78 is 6.00. The minimum atomic E-state index is 0.394. The number of likely N-dealkylation sites (N-methyl/N-ethyl adjacent to an activating group) is 1. The highest BCUT2D eigenvalue weighted by molar-refractivity contribution is 5.08. The molecule has 1 fully saturated rings. The van der Waals surface area contributed by atoms with Crippen molar-refractivity contribution >= 4 is 0 Å². The summed E-state index contributed by atoms with van der Waals surface area (Å²) in [6, 6.07) is 4.62. The van der Waals surface area contributed by atoms with Crippen LogP contribution in [0.4, 0.5) is 0 Å². The second kappa shape index (κ2) is 6.72. The molecule has 1 aromatic heterocycles. The van der Waals surface area contributed by atoms with Gasteiger partial charge in [-0.3, -0.25) is 4.98 Å². The van der Waals surface area contributed by atoms with Crippen LogP contribution in [0.5, 0.6) is 0 Å². The van der Waals surface area contributed by atoms with Crippen LogP contribution in [-0.4, -0.2) is 30.8 Å². The molecule has 1 aliphatic carbocycles. The molecule has 1 N–H and O–H groups in total. The number of ether oxygens (including phenoxy) is 1. The SMILES string of the molecule is CNC1CCCCC1OCCc1cccnc1. The number of pyridine rings is 1. The Bertz CT molecular complexity index is 315. The lowest BCUT2D eigenvalue weighted by Crippen LogP contribution is -2.42. The lowest BCUT2D eigenvalue weighted by atomic mass is 9.92. The predicted octanol–water partition coefficient (Wildman–Crippen LogP) is 2.17. The fraction of sp³-hybridized carbons (Fsp3) is 0.643. The molecule has 3 nitrogen and oxygen atoms in total. The van der Waals surface area contributed by atoms with Gasteiger partial charge < -0.3 is 10.1 Å². The van der Waals surface area contributed by atoms with Gasteiger partial charge in [0.25, 0.3) is 0 Å². The van der Waals surface area contributed by atoms with Crippen molar-refractivity contribution in [3.05, 3.63) is 30.1 Å². The zero-order valence-corrected chi connectivity index (χ0v) is 10.6. The predicted molar refractivity (Wildman–Crippen MR) is 69.0 cm³/mol. The van der Waals surface area contributed by atoms with Gasteiger partial charge in [-0.1, -0.05) is 18.9 Å². The van der Waals surface area contributed by atoms with Crippen LogP contribution in [0, 0.1) is 0 Å². The van der Waals surface area contributed by atoms with Crippen molar-refractivity contribution in [1.29, 1.82) is 0 Å². The number of hydrogen-bond acceptors (Lipinski definition) is 3. The van der Waals surface area contributed by atoms with Crippen LogP contribution in [0.2, 0.25) is 0 Å². The summed E-state index contributed by atoms with van der Waals surface area (Å²) in [5.74, 6) is 0. The minimum absolute atomic E-state index is 0.394. The van der Waals surface area contributed by atoms with E-state index in [1.165, 1.54) is 31.2 Å². The van der Waals surface area contributed by atoms with Crippen molar-refractivity contribution in [3.8, 4) is 0 Å². The van der Waals surface area contributed by atoms with Gasteiger partial charge in [-0.05, 0) is 37.9 Å². The molecule has 0 amide bonds. The number of nitrogens with one attached hydrogen (secondary N) is 1. The Balaban J connectivity index is 1.74. The van der Waals surface area contributed by atoms with Crippen molar-refractivity contribution in [2.45, 2.75) is 44.2 Å². The molecule has 94 valence electrons. The second-order valence-electron chi connectivity index (χ2n) is 4.70. The zero-order valence-electron chi connectivity index (χ0n) is 10.6. The Hall–Kier alpha value is -0.930. The molecule has 1 heterocycles. The highest BCUT2D eigenvalue weighted by Crippen LogP contribution is 2.21.